The number of nitrogens with zero attached hydrogens (tertiary/aromatic N) is 5. The van der Waals surface area contributed by atoms with Crippen molar-refractivity contribution in [3.63, 3.8) is 0 Å². The van der Waals surface area contributed by atoms with Crippen LogP contribution in [0.3, 0.4) is 0 Å². The third-order valence-corrected chi connectivity index (χ3v) is 5.78. The summed E-state index contributed by atoms with van der Waals surface area (Å²) >= 11 is 0. The first-order valence-corrected chi connectivity index (χ1v) is 10.9. The monoisotopic (exact) mass is 442 g/mol. The summed E-state index contributed by atoms with van der Waals surface area (Å²) in [7, 11) is 0. The van der Waals surface area contributed by atoms with E-state index in [9.17, 15) is 9.18 Å². The lowest BCUT2D eigenvalue weighted by Crippen LogP contribution is -2.41. The number of carbonyl (C=O) groups excluding carboxylic acids is 1. The van der Waals surface area contributed by atoms with E-state index in [1.807, 2.05) is 53.2 Å². The number of hydrogen-bond donors (Lipinski definition) is 1. The highest BCUT2D eigenvalue weighted by atomic mass is 19.1. The van der Waals surface area contributed by atoms with E-state index in [1.165, 1.54) is 12.1 Å². The van der Waals surface area contributed by atoms with Crippen LogP contribution in [-0.2, 0) is 4.79 Å². The molecule has 1 aliphatic heterocycles. The molecule has 0 spiro atoms. The molecular formula is C25H23FN6O. The number of amides is 1. The molecule has 7 nitrogen and oxygen atoms in total. The van der Waals surface area contributed by atoms with Gasteiger partial charge in [-0.15, -0.1) is 10.2 Å². The van der Waals surface area contributed by atoms with Crippen molar-refractivity contribution in [2.24, 2.45) is 5.92 Å². The van der Waals surface area contributed by atoms with Gasteiger partial charge in [0, 0.05) is 36.7 Å². The van der Waals surface area contributed by atoms with E-state index in [0.29, 0.717) is 18.1 Å². The fraction of sp³-hybridized carbons (Fsp3) is 0.200. The van der Waals surface area contributed by atoms with Crippen LogP contribution in [0, 0.1) is 11.7 Å². The summed E-state index contributed by atoms with van der Waals surface area (Å²) in [4.78, 5) is 19.3. The Labute approximate surface area is 190 Å². The standard InChI is InChI=1S/C25H23FN6O/c26-20-8-10-21(11-9-20)28-25(33)19-7-4-15-31(17-19)22-12-13-23(30-29-22)32-16-14-27-24(32)18-5-2-1-3-6-18/h1-3,5-6,8-14,16,19H,4,7,15,17H2,(H,28,33). The molecule has 1 fully saturated rings. The highest BCUT2D eigenvalue weighted by molar-refractivity contribution is 5.93. The maximum Gasteiger partial charge on any atom is 0.229 e. The lowest BCUT2D eigenvalue weighted by atomic mass is 9.97. The molecule has 4 aromatic rings. The summed E-state index contributed by atoms with van der Waals surface area (Å²) in [6.07, 6.45) is 5.28. The topological polar surface area (TPSA) is 75.9 Å². The van der Waals surface area contributed by atoms with Crippen LogP contribution in [0.2, 0.25) is 0 Å². The van der Waals surface area contributed by atoms with Crippen molar-refractivity contribution >= 4 is 17.4 Å². The second kappa shape index (κ2) is 9.20. The predicted octanol–water partition coefficient (Wildman–Crippen LogP) is 4.32. The fourth-order valence-corrected chi connectivity index (χ4v) is 4.08. The molecule has 0 bridgehead atoms. The van der Waals surface area contributed by atoms with Gasteiger partial charge in [0.2, 0.25) is 5.91 Å². The zero-order valence-electron chi connectivity index (χ0n) is 17.9. The highest BCUT2D eigenvalue weighted by Crippen LogP contribution is 2.24. The maximum atomic E-state index is 13.1. The molecule has 8 heteroatoms. The Morgan fingerprint density at radius 1 is 0.970 bits per heavy atom. The average Bonchev–Trinajstić information content (AvgIpc) is 3.36. The van der Waals surface area contributed by atoms with E-state index in [4.69, 9.17) is 0 Å². The molecule has 166 valence electrons. The Morgan fingerprint density at radius 3 is 2.48 bits per heavy atom. The third kappa shape index (κ3) is 4.59. The zero-order valence-corrected chi connectivity index (χ0v) is 17.9. The van der Waals surface area contributed by atoms with Crippen molar-refractivity contribution in [1.82, 2.24) is 19.7 Å². The summed E-state index contributed by atoms with van der Waals surface area (Å²) in [5.74, 6) is 1.64. The third-order valence-electron chi connectivity index (χ3n) is 5.78. The van der Waals surface area contributed by atoms with Gasteiger partial charge in [-0.05, 0) is 49.2 Å². The van der Waals surface area contributed by atoms with Gasteiger partial charge in [0.1, 0.15) is 11.6 Å². The van der Waals surface area contributed by atoms with Crippen molar-refractivity contribution in [3.8, 4) is 17.2 Å². The number of aromatic nitrogens is 4. The van der Waals surface area contributed by atoms with Crippen LogP contribution in [-0.4, -0.2) is 38.7 Å². The molecule has 0 radical (unpaired) electrons. The van der Waals surface area contributed by atoms with E-state index >= 15 is 0 Å². The highest BCUT2D eigenvalue weighted by Gasteiger charge is 2.27. The number of anilines is 2. The number of nitrogens with one attached hydrogen (secondary N) is 1. The molecule has 1 saturated heterocycles. The van der Waals surface area contributed by atoms with Crippen LogP contribution >= 0.6 is 0 Å². The zero-order chi connectivity index (χ0) is 22.6. The lowest BCUT2D eigenvalue weighted by molar-refractivity contribution is -0.120. The van der Waals surface area contributed by atoms with E-state index < -0.39 is 0 Å². The molecule has 1 atom stereocenters. The minimum Gasteiger partial charge on any atom is -0.354 e. The van der Waals surface area contributed by atoms with Gasteiger partial charge in [-0.3, -0.25) is 9.36 Å². The molecule has 1 amide bonds. The minimum atomic E-state index is -0.328. The van der Waals surface area contributed by atoms with Crippen LogP contribution in [0.25, 0.3) is 17.2 Å². The fourth-order valence-electron chi connectivity index (χ4n) is 4.08. The van der Waals surface area contributed by atoms with Gasteiger partial charge in [0.25, 0.3) is 0 Å². The summed E-state index contributed by atoms with van der Waals surface area (Å²) in [5.41, 5.74) is 1.59. The molecule has 3 heterocycles. The van der Waals surface area contributed by atoms with Gasteiger partial charge >= 0.3 is 0 Å². The van der Waals surface area contributed by atoms with Crippen LogP contribution in [0.5, 0.6) is 0 Å². The molecule has 33 heavy (non-hydrogen) atoms. The number of benzene rings is 2. The quantitative estimate of drug-likeness (QED) is 0.498. The Kier molecular flexibility index (Phi) is 5.80. The minimum absolute atomic E-state index is 0.0678. The number of halogens is 1. The molecule has 2 aromatic carbocycles. The summed E-state index contributed by atoms with van der Waals surface area (Å²) < 4.78 is 15.0. The first-order valence-electron chi connectivity index (χ1n) is 10.9. The van der Waals surface area contributed by atoms with E-state index in [-0.39, 0.29) is 17.6 Å². The summed E-state index contributed by atoms with van der Waals surface area (Å²) in [6, 6.07) is 19.6. The molecule has 1 N–H and O–H groups in total. The van der Waals surface area contributed by atoms with Crippen molar-refractivity contribution in [1.29, 1.82) is 0 Å². The number of imidazole rings is 1. The summed E-state index contributed by atoms with van der Waals surface area (Å²) in [5, 5.41) is 11.7. The smallest absolute Gasteiger partial charge is 0.229 e. The Bertz CT molecular complexity index is 1220. The van der Waals surface area contributed by atoms with Gasteiger partial charge in [-0.25, -0.2) is 9.37 Å². The molecular weight excluding hydrogens is 419 g/mol. The first kappa shape index (κ1) is 20.8. The SMILES string of the molecule is O=C(Nc1ccc(F)cc1)C1CCCN(c2ccc(-n3ccnc3-c3ccccc3)nn2)C1. The van der Waals surface area contributed by atoms with E-state index in [2.05, 4.69) is 25.4 Å². The molecule has 1 unspecified atom stereocenters. The largest absolute Gasteiger partial charge is 0.354 e. The molecule has 5 rings (SSSR count). The second-order valence-corrected chi connectivity index (χ2v) is 8.02. The molecule has 1 aliphatic rings. The Balaban J connectivity index is 1.28. The number of piperidine rings is 1. The van der Waals surface area contributed by atoms with Crippen LogP contribution in [0.15, 0.2) is 79.1 Å². The van der Waals surface area contributed by atoms with Gasteiger partial charge < -0.3 is 10.2 Å². The van der Waals surface area contributed by atoms with Crippen molar-refractivity contribution in [2.45, 2.75) is 12.8 Å². The normalized spacial score (nSPS) is 15.9. The second-order valence-electron chi connectivity index (χ2n) is 8.02. The van der Waals surface area contributed by atoms with E-state index in [1.54, 1.807) is 18.3 Å². The van der Waals surface area contributed by atoms with Gasteiger partial charge in [0.05, 0.1) is 5.92 Å². The first-order chi connectivity index (χ1) is 16.2. The average molecular weight is 442 g/mol. The predicted molar refractivity (Wildman–Crippen MR) is 125 cm³/mol. The van der Waals surface area contributed by atoms with Crippen LogP contribution in [0.1, 0.15) is 12.8 Å². The van der Waals surface area contributed by atoms with Gasteiger partial charge in [-0.2, -0.15) is 0 Å². The van der Waals surface area contributed by atoms with Crippen molar-refractivity contribution < 1.29 is 9.18 Å². The number of rotatable bonds is 5. The number of carbonyl (C=O) groups is 1. The van der Waals surface area contributed by atoms with Crippen molar-refractivity contribution in [2.75, 3.05) is 23.3 Å². The lowest BCUT2D eigenvalue weighted by Gasteiger charge is -2.32. The maximum absolute atomic E-state index is 13.1. The van der Waals surface area contributed by atoms with Crippen LogP contribution < -0.4 is 10.2 Å². The van der Waals surface area contributed by atoms with E-state index in [0.717, 1.165) is 36.6 Å². The van der Waals surface area contributed by atoms with Gasteiger partial charge in [-0.1, -0.05) is 30.3 Å². The number of hydrogen-bond acceptors (Lipinski definition) is 5. The summed E-state index contributed by atoms with van der Waals surface area (Å²) in [6.45, 7) is 1.37. The van der Waals surface area contributed by atoms with Crippen LogP contribution in [0.4, 0.5) is 15.9 Å². The van der Waals surface area contributed by atoms with Gasteiger partial charge in [0.15, 0.2) is 11.6 Å². The van der Waals surface area contributed by atoms with Crippen molar-refractivity contribution in [3.05, 3.63) is 84.9 Å². The molecule has 0 aliphatic carbocycles. The Hall–Kier alpha value is -4.07. The molecule has 0 saturated carbocycles. The Morgan fingerprint density at radius 2 is 1.73 bits per heavy atom. The molecule has 2 aromatic heterocycles.